The Morgan fingerprint density at radius 2 is 1.69 bits per heavy atom. The number of hydroxylamine groups is 2. The van der Waals surface area contributed by atoms with E-state index >= 15 is 0 Å². The van der Waals surface area contributed by atoms with Gasteiger partial charge in [-0.3, -0.25) is 20.3 Å². The van der Waals surface area contributed by atoms with Gasteiger partial charge < -0.3 is 14.3 Å². The first kappa shape index (κ1) is 23.9. The molecule has 29 heavy (non-hydrogen) atoms. The van der Waals surface area contributed by atoms with E-state index in [0.29, 0.717) is 25.8 Å². The van der Waals surface area contributed by atoms with Gasteiger partial charge >= 0.3 is 18.0 Å². The van der Waals surface area contributed by atoms with Gasteiger partial charge in [-0.25, -0.2) is 4.79 Å². The number of hydrogen-bond acceptors (Lipinski definition) is 7. The minimum atomic E-state index is -0.815. The molecule has 160 valence electrons. The zero-order valence-electron chi connectivity index (χ0n) is 16.9. The number of benzene rings is 1. The first-order valence-corrected chi connectivity index (χ1v) is 9.60. The van der Waals surface area contributed by atoms with E-state index in [1.807, 2.05) is 37.3 Å². The van der Waals surface area contributed by atoms with E-state index in [1.165, 1.54) is 6.92 Å². The van der Waals surface area contributed by atoms with Crippen LogP contribution in [0.15, 0.2) is 30.3 Å². The van der Waals surface area contributed by atoms with E-state index in [4.69, 9.17) is 19.7 Å². The molecule has 9 heteroatoms. The summed E-state index contributed by atoms with van der Waals surface area (Å²) >= 11 is 0. The molecule has 9 nitrogen and oxygen atoms in total. The molecule has 0 heterocycles. The minimum absolute atomic E-state index is 0.109. The molecule has 1 aromatic rings. The molecule has 0 atom stereocenters. The number of rotatable bonds is 10. The average molecular weight is 407 g/mol. The van der Waals surface area contributed by atoms with Crippen molar-refractivity contribution in [1.82, 2.24) is 10.4 Å². The number of amides is 1. The van der Waals surface area contributed by atoms with Crippen LogP contribution in [0.4, 0.5) is 4.79 Å². The molecule has 0 spiro atoms. The number of nitrogens with one attached hydrogen (secondary N) is 2. The van der Waals surface area contributed by atoms with Crippen molar-refractivity contribution in [1.29, 1.82) is 5.41 Å². The van der Waals surface area contributed by atoms with Crippen molar-refractivity contribution >= 4 is 24.0 Å². The number of alkyl carbamates (subject to hydrolysis) is 1. The SMILES string of the molecule is CCCCN(OC(C)=O)C(=N)NC(=O)OCCCCOC(=O)Cc1ccccc1. The Balaban J connectivity index is 2.16. The second-order valence-corrected chi connectivity index (χ2v) is 6.24. The smallest absolute Gasteiger partial charge is 0.414 e. The summed E-state index contributed by atoms with van der Waals surface area (Å²) in [4.78, 5) is 39.4. The third kappa shape index (κ3) is 11.4. The highest BCUT2D eigenvalue weighted by Gasteiger charge is 2.16. The molecule has 1 rings (SSSR count). The number of esters is 1. The summed E-state index contributed by atoms with van der Waals surface area (Å²) in [6.07, 6.45) is 1.98. The Morgan fingerprint density at radius 1 is 1.03 bits per heavy atom. The van der Waals surface area contributed by atoms with Gasteiger partial charge in [0.25, 0.3) is 0 Å². The summed E-state index contributed by atoms with van der Waals surface area (Å²) in [6.45, 7) is 3.82. The number of carbonyl (C=O) groups is 3. The molecule has 0 fully saturated rings. The van der Waals surface area contributed by atoms with Gasteiger partial charge in [-0.15, -0.1) is 0 Å². The van der Waals surface area contributed by atoms with Gasteiger partial charge in [0.15, 0.2) is 0 Å². The molecule has 2 N–H and O–H groups in total. The summed E-state index contributed by atoms with van der Waals surface area (Å²) in [5.41, 5.74) is 0.890. The summed E-state index contributed by atoms with van der Waals surface area (Å²) in [5, 5.41) is 11.0. The van der Waals surface area contributed by atoms with E-state index in [-0.39, 0.29) is 31.6 Å². The first-order valence-electron chi connectivity index (χ1n) is 9.60. The molecule has 1 aromatic carbocycles. The fraction of sp³-hybridized carbons (Fsp3) is 0.500. The summed E-state index contributed by atoms with van der Waals surface area (Å²) < 4.78 is 10.1. The minimum Gasteiger partial charge on any atom is -0.465 e. The van der Waals surface area contributed by atoms with Crippen LogP contribution in [0.2, 0.25) is 0 Å². The van der Waals surface area contributed by atoms with Crippen LogP contribution in [0.5, 0.6) is 0 Å². The molecule has 0 saturated carbocycles. The van der Waals surface area contributed by atoms with Crippen molar-refractivity contribution in [3.63, 3.8) is 0 Å². The van der Waals surface area contributed by atoms with Crippen LogP contribution in [0, 0.1) is 5.41 Å². The largest absolute Gasteiger partial charge is 0.465 e. The average Bonchev–Trinajstić information content (AvgIpc) is 2.68. The lowest BCUT2D eigenvalue weighted by molar-refractivity contribution is -0.170. The van der Waals surface area contributed by atoms with Crippen molar-refractivity contribution in [2.24, 2.45) is 0 Å². The predicted octanol–water partition coefficient (Wildman–Crippen LogP) is 2.79. The maximum Gasteiger partial charge on any atom is 0.414 e. The Hall–Kier alpha value is -3.10. The lowest BCUT2D eigenvalue weighted by Crippen LogP contribution is -2.44. The van der Waals surface area contributed by atoms with Crippen LogP contribution in [-0.2, 0) is 30.3 Å². The molecule has 0 aliphatic heterocycles. The predicted molar refractivity (Wildman–Crippen MR) is 106 cm³/mol. The zero-order chi connectivity index (χ0) is 21.5. The molecular formula is C20H29N3O6. The van der Waals surface area contributed by atoms with E-state index < -0.39 is 12.1 Å². The number of ether oxygens (including phenoxy) is 2. The molecule has 0 radical (unpaired) electrons. The standard InChI is InChI=1S/C20H29N3O6/c1-3-4-12-23(29-16(2)24)19(21)22-20(26)28-14-9-8-13-27-18(25)15-17-10-6-5-7-11-17/h5-7,10-11H,3-4,8-9,12-15H2,1-2H3,(H2,21,22,26). The number of nitrogens with zero attached hydrogens (tertiary/aromatic N) is 1. The highest BCUT2D eigenvalue weighted by Crippen LogP contribution is 2.02. The maximum atomic E-state index is 11.7. The highest BCUT2D eigenvalue weighted by molar-refractivity contribution is 5.92. The van der Waals surface area contributed by atoms with E-state index in [0.717, 1.165) is 17.0 Å². The van der Waals surface area contributed by atoms with Gasteiger partial charge in [-0.05, 0) is 24.8 Å². The lowest BCUT2D eigenvalue weighted by atomic mass is 10.2. The van der Waals surface area contributed by atoms with Crippen LogP contribution in [0.3, 0.4) is 0 Å². The molecule has 1 amide bonds. The molecular weight excluding hydrogens is 378 g/mol. The summed E-state index contributed by atoms with van der Waals surface area (Å²) in [7, 11) is 0. The van der Waals surface area contributed by atoms with E-state index in [1.54, 1.807) is 0 Å². The van der Waals surface area contributed by atoms with Gasteiger partial charge in [-0.2, -0.15) is 5.06 Å². The Bertz CT molecular complexity index is 665. The fourth-order valence-corrected chi connectivity index (χ4v) is 2.22. The Morgan fingerprint density at radius 3 is 2.31 bits per heavy atom. The third-order valence-corrected chi connectivity index (χ3v) is 3.65. The van der Waals surface area contributed by atoms with E-state index in [2.05, 4.69) is 5.32 Å². The van der Waals surface area contributed by atoms with Crippen LogP contribution >= 0.6 is 0 Å². The Labute approximate surface area is 170 Å². The second-order valence-electron chi connectivity index (χ2n) is 6.24. The van der Waals surface area contributed by atoms with Crippen molar-refractivity contribution in [3.05, 3.63) is 35.9 Å². The van der Waals surface area contributed by atoms with Crippen molar-refractivity contribution in [2.75, 3.05) is 19.8 Å². The van der Waals surface area contributed by atoms with Crippen LogP contribution < -0.4 is 5.32 Å². The first-order chi connectivity index (χ1) is 13.9. The number of unbranched alkanes of at least 4 members (excludes halogenated alkanes) is 2. The fourth-order valence-electron chi connectivity index (χ4n) is 2.22. The molecule has 0 aliphatic carbocycles. The summed E-state index contributed by atoms with van der Waals surface area (Å²) in [6, 6.07) is 9.32. The highest BCUT2D eigenvalue weighted by atomic mass is 16.7. The van der Waals surface area contributed by atoms with Gasteiger partial charge in [0.1, 0.15) is 0 Å². The molecule has 0 bridgehead atoms. The Kier molecular flexibility index (Phi) is 11.5. The van der Waals surface area contributed by atoms with Gasteiger partial charge in [0.2, 0.25) is 5.96 Å². The quantitative estimate of drug-likeness (QED) is 0.201. The van der Waals surface area contributed by atoms with E-state index in [9.17, 15) is 14.4 Å². The monoisotopic (exact) mass is 407 g/mol. The van der Waals surface area contributed by atoms with Crippen molar-refractivity contribution in [2.45, 2.75) is 46.0 Å². The zero-order valence-corrected chi connectivity index (χ0v) is 16.9. The third-order valence-electron chi connectivity index (χ3n) is 3.65. The van der Waals surface area contributed by atoms with Crippen LogP contribution in [0.1, 0.15) is 45.1 Å². The van der Waals surface area contributed by atoms with Crippen LogP contribution in [-0.4, -0.2) is 48.8 Å². The van der Waals surface area contributed by atoms with Gasteiger partial charge in [-0.1, -0.05) is 43.7 Å². The molecule has 0 unspecified atom stereocenters. The summed E-state index contributed by atoms with van der Waals surface area (Å²) in [5.74, 6) is -1.25. The molecule has 0 aromatic heterocycles. The van der Waals surface area contributed by atoms with Crippen LogP contribution in [0.25, 0.3) is 0 Å². The number of hydrogen-bond donors (Lipinski definition) is 2. The maximum absolute atomic E-state index is 11.7. The lowest BCUT2D eigenvalue weighted by Gasteiger charge is -2.22. The topological polar surface area (TPSA) is 118 Å². The normalized spacial score (nSPS) is 10.0. The number of carbonyl (C=O) groups excluding carboxylic acids is 3. The molecule has 0 saturated heterocycles. The second kappa shape index (κ2) is 14.0. The number of guanidine groups is 1. The van der Waals surface area contributed by atoms with Gasteiger partial charge in [0, 0.05) is 6.92 Å². The molecule has 0 aliphatic rings. The van der Waals surface area contributed by atoms with Crippen molar-refractivity contribution in [3.8, 4) is 0 Å². The van der Waals surface area contributed by atoms with Gasteiger partial charge in [0.05, 0.1) is 26.2 Å². The van der Waals surface area contributed by atoms with Crippen molar-refractivity contribution < 1.29 is 28.7 Å².